The number of nitrogens with zero attached hydrogens (tertiary/aromatic N) is 1. The average molecular weight is 309 g/mol. The third-order valence-corrected chi connectivity index (χ3v) is 4.76. The maximum atomic E-state index is 7.35. The number of hydrogen-bond acceptors (Lipinski definition) is 2. The Balaban J connectivity index is 2.91. The van der Waals surface area contributed by atoms with Crippen LogP contribution in [0.4, 0.5) is 0 Å². The molecule has 0 spiro atoms. The molecule has 0 aliphatic carbocycles. The second-order valence-corrected chi connectivity index (χ2v) is 7.50. The van der Waals surface area contributed by atoms with Crippen LogP contribution in [0.15, 0.2) is 18.5 Å². The molecule has 0 fully saturated rings. The van der Waals surface area contributed by atoms with E-state index in [1.807, 2.05) is 12.4 Å². The molecule has 0 saturated carbocycles. The van der Waals surface area contributed by atoms with Gasteiger partial charge in [-0.2, -0.15) is 0 Å². The van der Waals surface area contributed by atoms with E-state index in [0.717, 1.165) is 19.3 Å². The summed E-state index contributed by atoms with van der Waals surface area (Å²) in [5.74, 6) is 0.729. The molecule has 3 heteroatoms. The maximum absolute atomic E-state index is 7.35. The molecule has 118 valence electrons. The summed E-state index contributed by atoms with van der Waals surface area (Å²) in [4.78, 5) is 4.44. The molecule has 0 aliphatic heterocycles. The Morgan fingerprint density at radius 1 is 1.33 bits per heavy atom. The molecule has 0 aromatic carbocycles. The van der Waals surface area contributed by atoms with Crippen molar-refractivity contribution in [3.8, 4) is 0 Å². The lowest BCUT2D eigenvalue weighted by atomic mass is 9.79. The highest BCUT2D eigenvalue weighted by Gasteiger charge is 2.25. The van der Waals surface area contributed by atoms with E-state index in [2.05, 4.69) is 45.7 Å². The smallest absolute Gasteiger partial charge is 0.0341 e. The van der Waals surface area contributed by atoms with Crippen LogP contribution in [-0.4, -0.2) is 16.6 Å². The average Bonchev–Trinajstić information content (AvgIpc) is 2.46. The molecule has 21 heavy (non-hydrogen) atoms. The van der Waals surface area contributed by atoms with Gasteiger partial charge in [0.05, 0.1) is 0 Å². The van der Waals surface area contributed by atoms with E-state index < -0.39 is 0 Å². The lowest BCUT2D eigenvalue weighted by Gasteiger charge is -2.28. The van der Waals surface area contributed by atoms with Crippen LogP contribution in [0.3, 0.4) is 0 Å². The lowest BCUT2D eigenvalue weighted by molar-refractivity contribution is 0.459. The summed E-state index contributed by atoms with van der Waals surface area (Å²) < 4.78 is 0. The monoisotopic (exact) mass is 308 g/mol. The Morgan fingerprint density at radius 2 is 2.00 bits per heavy atom. The number of aromatic nitrogens is 1. The number of alkyl halides is 1. The molecule has 0 saturated heterocycles. The minimum Gasteiger partial charge on any atom is -0.313 e. The first-order chi connectivity index (χ1) is 9.80. The molecule has 1 rings (SSSR count). The fourth-order valence-corrected chi connectivity index (χ4v) is 3.06. The van der Waals surface area contributed by atoms with Crippen molar-refractivity contribution >= 4 is 17.8 Å². The first-order valence-electron chi connectivity index (χ1n) is 7.90. The van der Waals surface area contributed by atoms with Crippen LogP contribution in [0.25, 0.3) is 0 Å². The van der Waals surface area contributed by atoms with Crippen LogP contribution in [0.2, 0.25) is 0 Å². The second-order valence-electron chi connectivity index (χ2n) is 6.88. The predicted octanol–water partition coefficient (Wildman–Crippen LogP) is 5.55. The van der Waals surface area contributed by atoms with E-state index in [1.54, 1.807) is 0 Å². The van der Waals surface area contributed by atoms with E-state index in [0.29, 0.717) is 11.8 Å². The van der Waals surface area contributed by atoms with Crippen LogP contribution >= 0.6 is 11.6 Å². The van der Waals surface area contributed by atoms with Gasteiger partial charge >= 0.3 is 0 Å². The zero-order valence-electron chi connectivity index (χ0n) is 14.0. The number of hydrogen-bond donors (Lipinski definition) is 1. The minimum absolute atomic E-state index is 0.0400. The van der Waals surface area contributed by atoms with Crippen molar-refractivity contribution in [3.63, 3.8) is 0 Å². The van der Waals surface area contributed by atoms with Gasteiger partial charge in [0.2, 0.25) is 0 Å². The molecule has 0 aliphatic rings. The predicted molar refractivity (Wildman–Crippen MR) is 92.8 cm³/mol. The van der Waals surface area contributed by atoms with Crippen molar-refractivity contribution in [1.29, 1.82) is 5.41 Å². The largest absolute Gasteiger partial charge is 0.313 e. The van der Waals surface area contributed by atoms with E-state index in [1.165, 1.54) is 17.3 Å². The Labute approximate surface area is 134 Å². The maximum Gasteiger partial charge on any atom is 0.0341 e. The van der Waals surface area contributed by atoms with Gasteiger partial charge in [0.1, 0.15) is 0 Å². The van der Waals surface area contributed by atoms with Crippen molar-refractivity contribution in [2.75, 3.05) is 0 Å². The molecule has 1 aromatic heterocycles. The van der Waals surface area contributed by atoms with E-state index in [-0.39, 0.29) is 10.8 Å². The molecule has 3 unspecified atom stereocenters. The van der Waals surface area contributed by atoms with Gasteiger partial charge in [0, 0.05) is 17.8 Å². The van der Waals surface area contributed by atoms with Gasteiger partial charge in [0.15, 0.2) is 0 Å². The fraction of sp³-hybridized carbons (Fsp3) is 0.667. The van der Waals surface area contributed by atoms with Crippen LogP contribution in [0.5, 0.6) is 0 Å². The van der Waals surface area contributed by atoms with Crippen LogP contribution in [0, 0.1) is 11.3 Å². The van der Waals surface area contributed by atoms with Crippen molar-refractivity contribution in [2.45, 2.75) is 70.6 Å². The van der Waals surface area contributed by atoms with Crippen LogP contribution in [-0.2, 0) is 5.41 Å². The molecule has 1 aromatic rings. The zero-order chi connectivity index (χ0) is 16.0. The number of nitrogens with one attached hydrogen (secondary N) is 1. The SMILES string of the molecule is CCC(Cl)CC(C)(C)c1cncc(C(C)CC(C)C=N)c1. The second kappa shape index (κ2) is 7.93. The summed E-state index contributed by atoms with van der Waals surface area (Å²) in [6, 6.07) is 2.27. The van der Waals surface area contributed by atoms with Gasteiger partial charge < -0.3 is 5.41 Å². The summed E-state index contributed by atoms with van der Waals surface area (Å²) in [5, 5.41) is 7.56. The van der Waals surface area contributed by atoms with Crippen molar-refractivity contribution in [1.82, 2.24) is 4.98 Å². The Hall–Kier alpha value is -0.890. The van der Waals surface area contributed by atoms with Crippen molar-refractivity contribution < 1.29 is 0 Å². The topological polar surface area (TPSA) is 36.7 Å². The van der Waals surface area contributed by atoms with Crippen molar-refractivity contribution in [3.05, 3.63) is 29.6 Å². The van der Waals surface area contributed by atoms with Gasteiger partial charge in [-0.3, -0.25) is 4.98 Å². The van der Waals surface area contributed by atoms with Crippen molar-refractivity contribution in [2.24, 2.45) is 5.92 Å². The quantitative estimate of drug-likeness (QED) is 0.496. The fourth-order valence-electron chi connectivity index (χ4n) is 2.68. The Bertz CT molecular complexity index is 456. The minimum atomic E-state index is 0.0400. The molecule has 0 radical (unpaired) electrons. The van der Waals surface area contributed by atoms with Gasteiger partial charge in [-0.1, -0.05) is 40.7 Å². The number of halogens is 1. The van der Waals surface area contributed by atoms with E-state index >= 15 is 0 Å². The summed E-state index contributed by atoms with van der Waals surface area (Å²) in [5.41, 5.74) is 2.56. The van der Waals surface area contributed by atoms with Gasteiger partial charge in [-0.05, 0) is 53.9 Å². The van der Waals surface area contributed by atoms with Gasteiger partial charge in [-0.15, -0.1) is 11.6 Å². The zero-order valence-corrected chi connectivity index (χ0v) is 14.7. The third kappa shape index (κ3) is 5.43. The summed E-state index contributed by atoms with van der Waals surface area (Å²) in [6.07, 6.45) is 8.39. The standard InChI is InChI=1S/C18H29ClN2/c1-6-17(19)9-18(4,5)16-8-15(11-21-12-16)14(3)7-13(2)10-20/h8,10-14,17,20H,6-7,9H2,1-5H3. The van der Waals surface area contributed by atoms with E-state index in [9.17, 15) is 0 Å². The van der Waals surface area contributed by atoms with Crippen LogP contribution in [0.1, 0.15) is 70.9 Å². The normalized spacial score (nSPS) is 16.3. The Morgan fingerprint density at radius 3 is 2.57 bits per heavy atom. The molecule has 0 bridgehead atoms. The molecule has 1 N–H and O–H groups in total. The summed E-state index contributed by atoms with van der Waals surface area (Å²) >= 11 is 6.34. The first-order valence-corrected chi connectivity index (χ1v) is 8.33. The lowest BCUT2D eigenvalue weighted by Crippen LogP contribution is -2.22. The summed E-state index contributed by atoms with van der Waals surface area (Å²) in [7, 11) is 0. The molecule has 1 heterocycles. The molecular formula is C18H29ClN2. The van der Waals surface area contributed by atoms with Gasteiger partial charge in [0.25, 0.3) is 0 Å². The Kier molecular flexibility index (Phi) is 6.86. The van der Waals surface area contributed by atoms with E-state index in [4.69, 9.17) is 17.0 Å². The van der Waals surface area contributed by atoms with Crippen LogP contribution < -0.4 is 0 Å². The summed E-state index contributed by atoms with van der Waals surface area (Å²) in [6.45, 7) is 10.9. The highest BCUT2D eigenvalue weighted by molar-refractivity contribution is 6.20. The number of rotatable bonds is 8. The first kappa shape index (κ1) is 18.2. The third-order valence-electron chi connectivity index (χ3n) is 4.29. The molecule has 2 nitrogen and oxygen atoms in total. The highest BCUT2D eigenvalue weighted by atomic mass is 35.5. The van der Waals surface area contributed by atoms with Gasteiger partial charge in [-0.25, -0.2) is 0 Å². The number of pyridine rings is 1. The molecule has 0 amide bonds. The molecular weight excluding hydrogens is 280 g/mol. The molecule has 3 atom stereocenters. The highest BCUT2D eigenvalue weighted by Crippen LogP contribution is 2.33.